The maximum absolute atomic E-state index is 9.06. The Morgan fingerprint density at radius 1 is 1.32 bits per heavy atom. The van der Waals surface area contributed by atoms with Gasteiger partial charge in [0.05, 0.1) is 11.8 Å². The fraction of sp³-hybridized carbons (Fsp3) is 0.412. The number of hydrogen-bond acceptors (Lipinski definition) is 4. The first-order valence-corrected chi connectivity index (χ1v) is 7.77. The van der Waals surface area contributed by atoms with Gasteiger partial charge in [-0.05, 0) is 50.3 Å². The van der Waals surface area contributed by atoms with Crippen LogP contribution in [0.4, 0.5) is 5.69 Å². The van der Waals surface area contributed by atoms with Crippen LogP contribution in [0.2, 0.25) is 0 Å². The minimum absolute atomic E-state index is 0.298. The van der Waals surface area contributed by atoms with E-state index in [1.807, 2.05) is 28.9 Å². The molecule has 1 aromatic heterocycles. The molecule has 2 aromatic rings. The van der Waals surface area contributed by atoms with Crippen molar-refractivity contribution < 1.29 is 0 Å². The van der Waals surface area contributed by atoms with Gasteiger partial charge in [0, 0.05) is 22.5 Å². The van der Waals surface area contributed by atoms with Crippen LogP contribution in [0.5, 0.6) is 0 Å². The molecule has 0 fully saturated rings. The molecule has 1 unspecified atom stereocenters. The molecule has 0 radical (unpaired) electrons. The Morgan fingerprint density at radius 3 is 2.77 bits per heavy atom. The predicted octanol–water partition coefficient (Wildman–Crippen LogP) is 2.42. The van der Waals surface area contributed by atoms with Crippen molar-refractivity contribution >= 4 is 5.69 Å². The molecule has 1 aromatic carbocycles. The van der Waals surface area contributed by atoms with Crippen molar-refractivity contribution in [3.8, 4) is 17.3 Å². The summed E-state index contributed by atoms with van der Waals surface area (Å²) in [5, 5.41) is 13.8. The maximum Gasteiger partial charge on any atom is 0.128 e. The van der Waals surface area contributed by atoms with E-state index in [0.717, 1.165) is 42.6 Å². The molecule has 1 aliphatic rings. The smallest absolute Gasteiger partial charge is 0.128 e. The van der Waals surface area contributed by atoms with Gasteiger partial charge in [-0.25, -0.2) is 0 Å². The number of nitrogen functional groups attached to an aromatic ring is 1. The standard InChI is InChI=1S/C17H21N5/c18-9-8-12-2-1-3-15-16(12)17(21-22(15)11-10-19)13-4-6-14(20)7-5-13/h4-7,12H,1-3,8-9,11,18,20H2. The zero-order valence-electron chi connectivity index (χ0n) is 12.6. The minimum Gasteiger partial charge on any atom is -0.399 e. The summed E-state index contributed by atoms with van der Waals surface area (Å²) in [4.78, 5) is 0. The highest BCUT2D eigenvalue weighted by Crippen LogP contribution is 2.40. The van der Waals surface area contributed by atoms with Crippen molar-refractivity contribution in [1.82, 2.24) is 9.78 Å². The Balaban J connectivity index is 2.13. The van der Waals surface area contributed by atoms with Gasteiger partial charge >= 0.3 is 0 Å². The zero-order valence-corrected chi connectivity index (χ0v) is 12.6. The van der Waals surface area contributed by atoms with Gasteiger partial charge in [0.15, 0.2) is 0 Å². The van der Waals surface area contributed by atoms with E-state index in [1.165, 1.54) is 11.3 Å². The Morgan fingerprint density at radius 2 is 2.09 bits per heavy atom. The van der Waals surface area contributed by atoms with Crippen LogP contribution < -0.4 is 11.5 Å². The van der Waals surface area contributed by atoms with Crippen LogP contribution >= 0.6 is 0 Å². The van der Waals surface area contributed by atoms with Gasteiger partial charge in [-0.1, -0.05) is 12.1 Å². The van der Waals surface area contributed by atoms with Gasteiger partial charge in [-0.3, -0.25) is 4.68 Å². The Labute approximate surface area is 130 Å². The van der Waals surface area contributed by atoms with Gasteiger partial charge in [0.2, 0.25) is 0 Å². The SMILES string of the molecule is N#CCn1nc(-c2ccc(N)cc2)c2c1CCCC2CCN. The lowest BCUT2D eigenvalue weighted by atomic mass is 9.82. The largest absolute Gasteiger partial charge is 0.399 e. The molecule has 5 heteroatoms. The molecule has 0 aliphatic heterocycles. The van der Waals surface area contributed by atoms with Crippen LogP contribution in [0, 0.1) is 11.3 Å². The molecule has 114 valence electrons. The Kier molecular flexibility index (Phi) is 4.12. The normalized spacial score (nSPS) is 17.0. The molecule has 1 aliphatic carbocycles. The Bertz CT molecular complexity index is 693. The lowest BCUT2D eigenvalue weighted by Gasteiger charge is -2.23. The summed E-state index contributed by atoms with van der Waals surface area (Å²) in [6, 6.07) is 10.0. The van der Waals surface area contributed by atoms with Crippen molar-refractivity contribution in [1.29, 1.82) is 5.26 Å². The molecule has 0 bridgehead atoms. The number of fused-ring (bicyclic) bond motifs is 1. The Hall–Kier alpha value is -2.32. The predicted molar refractivity (Wildman–Crippen MR) is 87.0 cm³/mol. The molecule has 1 atom stereocenters. The second-order valence-corrected chi connectivity index (χ2v) is 5.81. The second-order valence-electron chi connectivity index (χ2n) is 5.81. The molecule has 4 N–H and O–H groups in total. The lowest BCUT2D eigenvalue weighted by Crippen LogP contribution is -2.15. The van der Waals surface area contributed by atoms with Crippen LogP contribution in [-0.2, 0) is 13.0 Å². The van der Waals surface area contributed by atoms with Crippen LogP contribution in [0.3, 0.4) is 0 Å². The van der Waals surface area contributed by atoms with E-state index < -0.39 is 0 Å². The highest BCUT2D eigenvalue weighted by Gasteiger charge is 2.28. The molecule has 0 saturated heterocycles. The number of nitrogens with two attached hydrogens (primary N) is 2. The monoisotopic (exact) mass is 295 g/mol. The van der Waals surface area contributed by atoms with Gasteiger partial charge in [0.25, 0.3) is 0 Å². The second kappa shape index (κ2) is 6.20. The summed E-state index contributed by atoms with van der Waals surface area (Å²) in [6.07, 6.45) is 4.23. The van der Waals surface area contributed by atoms with E-state index in [1.54, 1.807) is 0 Å². The van der Waals surface area contributed by atoms with Gasteiger partial charge in [0.1, 0.15) is 6.54 Å². The summed E-state index contributed by atoms with van der Waals surface area (Å²) in [5.74, 6) is 0.439. The third-order valence-corrected chi connectivity index (χ3v) is 4.39. The third-order valence-electron chi connectivity index (χ3n) is 4.39. The number of benzene rings is 1. The highest BCUT2D eigenvalue weighted by atomic mass is 15.3. The number of rotatable bonds is 4. The summed E-state index contributed by atoms with van der Waals surface area (Å²) in [7, 11) is 0. The first-order chi connectivity index (χ1) is 10.7. The van der Waals surface area contributed by atoms with Crippen molar-refractivity contribution in [3.05, 3.63) is 35.5 Å². The van der Waals surface area contributed by atoms with Crippen LogP contribution in [0.15, 0.2) is 24.3 Å². The third kappa shape index (κ3) is 2.58. The van der Waals surface area contributed by atoms with E-state index in [-0.39, 0.29) is 0 Å². The molecule has 22 heavy (non-hydrogen) atoms. The van der Waals surface area contributed by atoms with Crippen LogP contribution in [-0.4, -0.2) is 16.3 Å². The summed E-state index contributed by atoms with van der Waals surface area (Å²) < 4.78 is 1.86. The van der Waals surface area contributed by atoms with E-state index in [9.17, 15) is 0 Å². The molecular formula is C17H21N5. The number of nitriles is 1. The zero-order chi connectivity index (χ0) is 15.5. The lowest BCUT2D eigenvalue weighted by molar-refractivity contribution is 0.508. The van der Waals surface area contributed by atoms with E-state index in [4.69, 9.17) is 21.8 Å². The number of hydrogen-bond donors (Lipinski definition) is 2. The van der Waals surface area contributed by atoms with Crippen LogP contribution in [0.1, 0.15) is 36.4 Å². The molecule has 0 amide bonds. The van der Waals surface area contributed by atoms with Crippen molar-refractivity contribution in [2.45, 2.75) is 38.1 Å². The molecular weight excluding hydrogens is 274 g/mol. The highest BCUT2D eigenvalue weighted by molar-refractivity contribution is 5.67. The fourth-order valence-corrected chi connectivity index (χ4v) is 3.41. The van der Waals surface area contributed by atoms with Gasteiger partial charge < -0.3 is 11.5 Å². The van der Waals surface area contributed by atoms with E-state index >= 15 is 0 Å². The number of nitrogens with zero attached hydrogens (tertiary/aromatic N) is 3. The topological polar surface area (TPSA) is 93.6 Å². The average Bonchev–Trinajstić information content (AvgIpc) is 2.89. The molecule has 5 nitrogen and oxygen atoms in total. The van der Waals surface area contributed by atoms with Crippen molar-refractivity contribution in [3.63, 3.8) is 0 Å². The summed E-state index contributed by atoms with van der Waals surface area (Å²) >= 11 is 0. The van der Waals surface area contributed by atoms with E-state index in [0.29, 0.717) is 19.0 Å². The van der Waals surface area contributed by atoms with Crippen molar-refractivity contribution in [2.75, 3.05) is 12.3 Å². The summed E-state index contributed by atoms with van der Waals surface area (Å²) in [5.41, 5.74) is 16.9. The molecule has 3 rings (SSSR count). The summed E-state index contributed by atoms with van der Waals surface area (Å²) in [6.45, 7) is 0.974. The van der Waals surface area contributed by atoms with E-state index in [2.05, 4.69) is 6.07 Å². The van der Waals surface area contributed by atoms with Crippen LogP contribution in [0.25, 0.3) is 11.3 Å². The van der Waals surface area contributed by atoms with Gasteiger partial charge in [-0.15, -0.1) is 0 Å². The minimum atomic E-state index is 0.298. The first kappa shape index (κ1) is 14.6. The van der Waals surface area contributed by atoms with Crippen molar-refractivity contribution in [2.24, 2.45) is 5.73 Å². The quantitative estimate of drug-likeness (QED) is 0.847. The maximum atomic E-state index is 9.06. The number of aromatic nitrogens is 2. The molecule has 0 saturated carbocycles. The molecule has 0 spiro atoms. The first-order valence-electron chi connectivity index (χ1n) is 7.77. The van der Waals surface area contributed by atoms with Gasteiger partial charge in [-0.2, -0.15) is 10.4 Å². The number of anilines is 1. The molecule has 1 heterocycles. The fourth-order valence-electron chi connectivity index (χ4n) is 3.41. The average molecular weight is 295 g/mol.